The largest absolute Gasteiger partial charge is 0.290 e. The minimum Gasteiger partial charge on any atom is -0.290 e. The maximum atomic E-state index is 12.3. The first-order chi connectivity index (χ1) is 11.2. The third kappa shape index (κ3) is 2.92. The molecule has 3 aromatic rings. The molecule has 0 spiro atoms. The van der Waals surface area contributed by atoms with E-state index in [1.54, 1.807) is 35.7 Å². The minimum atomic E-state index is -0.0845. The molecule has 1 atom stereocenters. The lowest BCUT2D eigenvalue weighted by atomic mass is 10.1. The van der Waals surface area contributed by atoms with Crippen LogP contribution in [-0.4, -0.2) is 20.8 Å². The van der Waals surface area contributed by atoms with Crippen LogP contribution < -0.4 is 5.56 Å². The van der Waals surface area contributed by atoms with Crippen molar-refractivity contribution in [1.82, 2.24) is 14.3 Å². The molecule has 1 fully saturated rings. The lowest BCUT2D eigenvalue weighted by Gasteiger charge is -2.23. The smallest absolute Gasteiger partial charge is 0.258 e. The number of pyridine rings is 1. The average molecular weight is 346 g/mol. The Kier molecular flexibility index (Phi) is 3.93. The Morgan fingerprint density at radius 3 is 3.09 bits per heavy atom. The van der Waals surface area contributed by atoms with Gasteiger partial charge in [0.05, 0.1) is 10.7 Å². The molecular weight excluding hydrogens is 330 g/mol. The Morgan fingerprint density at radius 1 is 1.35 bits per heavy atom. The fourth-order valence-electron chi connectivity index (χ4n) is 3.27. The Morgan fingerprint density at radius 2 is 2.26 bits per heavy atom. The van der Waals surface area contributed by atoms with Gasteiger partial charge in [-0.05, 0) is 53.9 Å². The lowest BCUT2D eigenvalue weighted by molar-refractivity contribution is 0.246. The Bertz CT molecular complexity index is 890. The van der Waals surface area contributed by atoms with Gasteiger partial charge in [0, 0.05) is 24.8 Å². The van der Waals surface area contributed by atoms with Gasteiger partial charge >= 0.3 is 0 Å². The molecule has 0 N–H and O–H groups in total. The van der Waals surface area contributed by atoms with Crippen LogP contribution in [0.4, 0.5) is 0 Å². The fourth-order valence-corrected chi connectivity index (χ4v) is 4.14. The molecule has 0 aliphatic carbocycles. The molecule has 1 saturated heterocycles. The van der Waals surface area contributed by atoms with Gasteiger partial charge in [0.1, 0.15) is 5.65 Å². The van der Waals surface area contributed by atoms with Gasteiger partial charge in [0.25, 0.3) is 5.56 Å². The molecule has 4 heterocycles. The molecule has 0 radical (unpaired) electrons. The molecule has 3 aromatic heterocycles. The van der Waals surface area contributed by atoms with E-state index in [4.69, 9.17) is 11.6 Å². The van der Waals surface area contributed by atoms with E-state index in [0.29, 0.717) is 23.3 Å². The van der Waals surface area contributed by atoms with Gasteiger partial charge in [0.15, 0.2) is 0 Å². The van der Waals surface area contributed by atoms with Gasteiger partial charge in [-0.25, -0.2) is 4.98 Å². The number of nitrogens with zero attached hydrogens (tertiary/aromatic N) is 3. The summed E-state index contributed by atoms with van der Waals surface area (Å²) in [4.78, 5) is 19.3. The van der Waals surface area contributed by atoms with Crippen LogP contribution in [0.2, 0.25) is 5.02 Å². The number of thiophene rings is 1. The highest BCUT2D eigenvalue weighted by Crippen LogP contribution is 2.33. The molecule has 0 saturated carbocycles. The number of fused-ring (bicyclic) bond motifs is 1. The zero-order chi connectivity index (χ0) is 15.8. The van der Waals surface area contributed by atoms with Crippen LogP contribution >= 0.6 is 22.9 Å². The summed E-state index contributed by atoms with van der Waals surface area (Å²) in [7, 11) is 0. The van der Waals surface area contributed by atoms with Crippen molar-refractivity contribution in [3.8, 4) is 0 Å². The van der Waals surface area contributed by atoms with Gasteiger partial charge in [-0.15, -0.1) is 0 Å². The summed E-state index contributed by atoms with van der Waals surface area (Å²) in [6, 6.07) is 7.79. The van der Waals surface area contributed by atoms with Crippen LogP contribution in [0.5, 0.6) is 0 Å². The highest BCUT2D eigenvalue weighted by atomic mass is 35.5. The second-order valence-electron chi connectivity index (χ2n) is 5.85. The number of halogens is 1. The first kappa shape index (κ1) is 14.9. The van der Waals surface area contributed by atoms with Crippen LogP contribution in [0.25, 0.3) is 5.65 Å². The second-order valence-corrected chi connectivity index (χ2v) is 7.06. The average Bonchev–Trinajstić information content (AvgIpc) is 3.19. The molecule has 6 heteroatoms. The molecule has 118 valence electrons. The predicted molar refractivity (Wildman–Crippen MR) is 93.2 cm³/mol. The quantitative estimate of drug-likeness (QED) is 0.725. The van der Waals surface area contributed by atoms with Crippen LogP contribution in [0.3, 0.4) is 0 Å². The zero-order valence-corrected chi connectivity index (χ0v) is 14.1. The van der Waals surface area contributed by atoms with Gasteiger partial charge in [-0.1, -0.05) is 11.6 Å². The molecular formula is C17H16ClN3OS. The standard InChI is InChI=1S/C17H16ClN3OS/c18-13-3-4-16-19-14(8-17(22)21(16)9-13)10-20-6-1-2-15(20)12-5-7-23-11-12/h3-5,7-9,11,15H,1-2,6,10H2/t15-/m1/s1. The summed E-state index contributed by atoms with van der Waals surface area (Å²) in [5, 5.41) is 4.87. The molecule has 0 aromatic carbocycles. The van der Waals surface area contributed by atoms with Gasteiger partial charge < -0.3 is 0 Å². The van der Waals surface area contributed by atoms with Crippen molar-refractivity contribution in [1.29, 1.82) is 0 Å². The fraction of sp³-hybridized carbons (Fsp3) is 0.294. The first-order valence-electron chi connectivity index (χ1n) is 7.65. The summed E-state index contributed by atoms with van der Waals surface area (Å²) in [6.07, 6.45) is 3.96. The SMILES string of the molecule is O=c1cc(CN2CCC[C@@H]2c2ccsc2)nc2ccc(Cl)cn12. The summed E-state index contributed by atoms with van der Waals surface area (Å²) >= 11 is 7.68. The molecule has 1 aliphatic rings. The van der Waals surface area contributed by atoms with Crippen LogP contribution in [0.15, 0.2) is 46.0 Å². The Balaban J connectivity index is 1.65. The lowest BCUT2D eigenvalue weighted by Crippen LogP contribution is -2.25. The van der Waals surface area contributed by atoms with Crippen molar-refractivity contribution in [3.63, 3.8) is 0 Å². The maximum Gasteiger partial charge on any atom is 0.258 e. The predicted octanol–water partition coefficient (Wildman–Crippen LogP) is 3.75. The van der Waals surface area contributed by atoms with E-state index < -0.39 is 0 Å². The Hall–Kier alpha value is -1.69. The summed E-state index contributed by atoms with van der Waals surface area (Å²) in [5.41, 5.74) is 2.75. The maximum absolute atomic E-state index is 12.3. The Labute approximate surface area is 143 Å². The van der Waals surface area contributed by atoms with Crippen LogP contribution in [-0.2, 0) is 6.54 Å². The topological polar surface area (TPSA) is 37.6 Å². The third-order valence-electron chi connectivity index (χ3n) is 4.33. The van der Waals surface area contributed by atoms with Gasteiger partial charge in [0.2, 0.25) is 0 Å². The molecule has 1 aliphatic heterocycles. The van der Waals surface area contributed by atoms with E-state index in [0.717, 1.165) is 12.2 Å². The van der Waals surface area contributed by atoms with E-state index in [1.165, 1.54) is 22.8 Å². The van der Waals surface area contributed by atoms with E-state index in [-0.39, 0.29) is 5.56 Å². The van der Waals surface area contributed by atoms with E-state index in [9.17, 15) is 4.79 Å². The highest BCUT2D eigenvalue weighted by molar-refractivity contribution is 7.07. The number of hydrogen-bond donors (Lipinski definition) is 0. The third-order valence-corrected chi connectivity index (χ3v) is 5.26. The number of aromatic nitrogens is 2. The van der Waals surface area contributed by atoms with Gasteiger partial charge in [-0.3, -0.25) is 14.1 Å². The molecule has 4 nitrogen and oxygen atoms in total. The van der Waals surface area contributed by atoms with Crippen molar-refractivity contribution in [3.05, 3.63) is 67.9 Å². The molecule has 0 bridgehead atoms. The van der Waals surface area contributed by atoms with E-state index in [2.05, 4.69) is 26.7 Å². The first-order valence-corrected chi connectivity index (χ1v) is 8.97. The molecule has 0 amide bonds. The van der Waals surface area contributed by atoms with Gasteiger partial charge in [-0.2, -0.15) is 11.3 Å². The van der Waals surface area contributed by atoms with Crippen molar-refractivity contribution in [2.24, 2.45) is 0 Å². The molecule has 4 rings (SSSR count). The number of hydrogen-bond acceptors (Lipinski definition) is 4. The molecule has 23 heavy (non-hydrogen) atoms. The van der Waals surface area contributed by atoms with E-state index in [1.807, 2.05) is 0 Å². The number of rotatable bonds is 3. The summed E-state index contributed by atoms with van der Waals surface area (Å²) < 4.78 is 1.49. The summed E-state index contributed by atoms with van der Waals surface area (Å²) in [5.74, 6) is 0. The zero-order valence-electron chi connectivity index (χ0n) is 12.5. The monoisotopic (exact) mass is 345 g/mol. The molecule has 0 unspecified atom stereocenters. The van der Waals surface area contributed by atoms with Crippen molar-refractivity contribution in [2.45, 2.75) is 25.4 Å². The number of likely N-dealkylation sites (tertiary alicyclic amines) is 1. The van der Waals surface area contributed by atoms with E-state index >= 15 is 0 Å². The highest BCUT2D eigenvalue weighted by Gasteiger charge is 2.26. The van der Waals surface area contributed by atoms with Crippen molar-refractivity contribution < 1.29 is 0 Å². The minimum absolute atomic E-state index is 0.0845. The summed E-state index contributed by atoms with van der Waals surface area (Å²) in [6.45, 7) is 1.75. The second kappa shape index (κ2) is 6.07. The normalized spacial score (nSPS) is 18.7. The van der Waals surface area contributed by atoms with Crippen LogP contribution in [0, 0.1) is 0 Å². The van der Waals surface area contributed by atoms with Crippen LogP contribution in [0.1, 0.15) is 30.1 Å². The van der Waals surface area contributed by atoms with Crippen molar-refractivity contribution in [2.75, 3.05) is 6.54 Å². The van der Waals surface area contributed by atoms with Crippen molar-refractivity contribution >= 4 is 28.6 Å².